The molecule has 3 N–H and O–H groups in total. The van der Waals surface area contributed by atoms with Gasteiger partial charge in [-0.15, -0.1) is 0 Å². The van der Waals surface area contributed by atoms with Crippen LogP contribution in [-0.4, -0.2) is 24.2 Å². The number of fused-ring (bicyclic) bond motifs is 1. The van der Waals surface area contributed by atoms with Crippen molar-refractivity contribution in [1.29, 1.82) is 0 Å². The van der Waals surface area contributed by atoms with Crippen molar-refractivity contribution in [2.45, 2.75) is 12.5 Å². The van der Waals surface area contributed by atoms with E-state index in [2.05, 4.69) is 17.0 Å². The van der Waals surface area contributed by atoms with E-state index in [4.69, 9.17) is 5.73 Å². The van der Waals surface area contributed by atoms with E-state index in [-0.39, 0.29) is 0 Å². The molecule has 0 radical (unpaired) electrons. The lowest BCUT2D eigenvalue weighted by molar-refractivity contribution is 0.476. The number of hydrogen-bond donors (Lipinski definition) is 2. The van der Waals surface area contributed by atoms with Gasteiger partial charge in [-0.1, -0.05) is 12.1 Å². The lowest BCUT2D eigenvalue weighted by Crippen LogP contribution is -2.26. The van der Waals surface area contributed by atoms with Crippen LogP contribution in [0.4, 0.5) is 5.69 Å². The van der Waals surface area contributed by atoms with Crippen molar-refractivity contribution < 1.29 is 5.11 Å². The molecule has 0 aromatic heterocycles. The van der Waals surface area contributed by atoms with E-state index in [1.807, 2.05) is 12.1 Å². The Hall–Kier alpha value is -1.74. The van der Waals surface area contributed by atoms with Gasteiger partial charge >= 0.3 is 0 Å². The Kier molecular flexibility index (Phi) is 2.41. The van der Waals surface area contributed by atoms with Crippen LogP contribution in [0.3, 0.4) is 0 Å². The highest BCUT2D eigenvalue weighted by molar-refractivity contribution is 5.87. The molecule has 3 rings (SSSR count). The first-order valence-corrected chi connectivity index (χ1v) is 5.96. The molecule has 1 atom stereocenters. The van der Waals surface area contributed by atoms with Crippen molar-refractivity contribution in [3.63, 3.8) is 0 Å². The summed E-state index contributed by atoms with van der Waals surface area (Å²) in [7, 11) is 0. The summed E-state index contributed by atoms with van der Waals surface area (Å²) in [5.41, 5.74) is 7.14. The zero-order chi connectivity index (χ0) is 11.8. The predicted molar refractivity (Wildman–Crippen MR) is 70.4 cm³/mol. The van der Waals surface area contributed by atoms with Crippen molar-refractivity contribution in [2.24, 2.45) is 5.73 Å². The Morgan fingerprint density at radius 3 is 2.65 bits per heavy atom. The molecule has 1 fully saturated rings. The quantitative estimate of drug-likeness (QED) is 0.785. The average Bonchev–Trinajstić information content (AvgIpc) is 2.75. The topological polar surface area (TPSA) is 49.5 Å². The van der Waals surface area contributed by atoms with Gasteiger partial charge in [0.15, 0.2) is 0 Å². The average molecular weight is 228 g/mol. The third-order valence-electron chi connectivity index (χ3n) is 3.40. The summed E-state index contributed by atoms with van der Waals surface area (Å²) in [6.45, 7) is 1.97. The molecule has 0 unspecified atom stereocenters. The highest BCUT2D eigenvalue weighted by Gasteiger charge is 2.19. The van der Waals surface area contributed by atoms with Crippen LogP contribution in [0.2, 0.25) is 0 Å². The van der Waals surface area contributed by atoms with Crippen LogP contribution in [-0.2, 0) is 0 Å². The standard InChI is InChI=1S/C14H16N2O/c15-12-5-6-16(9-12)13-3-1-11-8-14(17)4-2-10(11)7-13/h1-4,7-8,12,17H,5-6,9,15H2/t12-/m1/s1. The van der Waals surface area contributed by atoms with Crippen LogP contribution in [0.15, 0.2) is 36.4 Å². The Labute approximate surface area is 100 Å². The fourth-order valence-electron chi connectivity index (χ4n) is 2.44. The maximum absolute atomic E-state index is 9.42. The molecule has 88 valence electrons. The van der Waals surface area contributed by atoms with Gasteiger partial charge in [0, 0.05) is 24.8 Å². The van der Waals surface area contributed by atoms with Crippen molar-refractivity contribution in [1.82, 2.24) is 0 Å². The number of benzene rings is 2. The van der Waals surface area contributed by atoms with E-state index < -0.39 is 0 Å². The monoisotopic (exact) mass is 228 g/mol. The van der Waals surface area contributed by atoms with Crippen LogP contribution in [0.25, 0.3) is 10.8 Å². The minimum atomic E-state index is 0.297. The smallest absolute Gasteiger partial charge is 0.116 e. The normalized spacial score (nSPS) is 20.1. The van der Waals surface area contributed by atoms with Gasteiger partial charge in [0.1, 0.15) is 5.75 Å². The molecule has 1 aliphatic heterocycles. The lowest BCUT2D eigenvalue weighted by Gasteiger charge is -2.18. The van der Waals surface area contributed by atoms with Gasteiger partial charge in [-0.2, -0.15) is 0 Å². The van der Waals surface area contributed by atoms with Crippen molar-refractivity contribution in [3.05, 3.63) is 36.4 Å². The van der Waals surface area contributed by atoms with Crippen LogP contribution in [0.5, 0.6) is 5.75 Å². The van der Waals surface area contributed by atoms with Crippen molar-refractivity contribution in [3.8, 4) is 5.75 Å². The number of phenols is 1. The highest BCUT2D eigenvalue weighted by Crippen LogP contribution is 2.26. The summed E-state index contributed by atoms with van der Waals surface area (Å²) in [5.74, 6) is 0.313. The van der Waals surface area contributed by atoms with Crippen LogP contribution < -0.4 is 10.6 Å². The maximum atomic E-state index is 9.42. The van der Waals surface area contributed by atoms with E-state index in [0.29, 0.717) is 11.8 Å². The molecule has 1 heterocycles. The van der Waals surface area contributed by atoms with E-state index in [1.54, 1.807) is 12.1 Å². The Bertz CT molecular complexity index is 553. The largest absolute Gasteiger partial charge is 0.508 e. The molecule has 0 spiro atoms. The molecule has 1 aliphatic rings. The third-order valence-corrected chi connectivity index (χ3v) is 3.40. The fourth-order valence-corrected chi connectivity index (χ4v) is 2.44. The predicted octanol–water partition coefficient (Wildman–Crippen LogP) is 2.08. The highest BCUT2D eigenvalue weighted by atomic mass is 16.3. The van der Waals surface area contributed by atoms with Gasteiger partial charge in [0.25, 0.3) is 0 Å². The molecule has 0 amide bonds. The lowest BCUT2D eigenvalue weighted by atomic mass is 10.1. The molecule has 2 aromatic rings. The molecular weight excluding hydrogens is 212 g/mol. The zero-order valence-corrected chi connectivity index (χ0v) is 9.63. The van der Waals surface area contributed by atoms with Crippen molar-refractivity contribution >= 4 is 16.5 Å². The summed E-state index contributed by atoms with van der Waals surface area (Å²) in [4.78, 5) is 2.32. The summed E-state index contributed by atoms with van der Waals surface area (Å²) >= 11 is 0. The molecule has 2 aromatic carbocycles. The second kappa shape index (κ2) is 3.93. The molecule has 0 bridgehead atoms. The number of aromatic hydroxyl groups is 1. The van der Waals surface area contributed by atoms with E-state index in [1.165, 1.54) is 5.69 Å². The number of nitrogens with zero attached hydrogens (tertiary/aromatic N) is 1. The molecule has 3 heteroatoms. The van der Waals surface area contributed by atoms with Gasteiger partial charge in [-0.3, -0.25) is 0 Å². The maximum Gasteiger partial charge on any atom is 0.116 e. The fraction of sp³-hybridized carbons (Fsp3) is 0.286. The number of anilines is 1. The first kappa shape index (κ1) is 10.4. The summed E-state index contributed by atoms with van der Waals surface area (Å²) in [6, 6.07) is 12.1. The summed E-state index contributed by atoms with van der Waals surface area (Å²) in [5, 5.41) is 11.6. The minimum absolute atomic E-state index is 0.297. The summed E-state index contributed by atoms with van der Waals surface area (Å²) in [6.07, 6.45) is 1.06. The molecule has 17 heavy (non-hydrogen) atoms. The number of nitrogens with two attached hydrogens (primary N) is 1. The van der Waals surface area contributed by atoms with Crippen LogP contribution in [0.1, 0.15) is 6.42 Å². The van der Waals surface area contributed by atoms with Gasteiger partial charge in [0.05, 0.1) is 0 Å². The second-order valence-corrected chi connectivity index (χ2v) is 4.71. The van der Waals surface area contributed by atoms with Gasteiger partial charge in [0.2, 0.25) is 0 Å². The number of hydrogen-bond acceptors (Lipinski definition) is 3. The van der Waals surface area contributed by atoms with Gasteiger partial charge < -0.3 is 15.7 Å². The molecule has 1 saturated heterocycles. The Balaban J connectivity index is 1.99. The molecular formula is C14H16N2O. The van der Waals surface area contributed by atoms with Gasteiger partial charge in [-0.05, 0) is 41.5 Å². The van der Waals surface area contributed by atoms with E-state index in [9.17, 15) is 5.11 Å². The van der Waals surface area contributed by atoms with Gasteiger partial charge in [-0.25, -0.2) is 0 Å². The van der Waals surface area contributed by atoms with E-state index >= 15 is 0 Å². The molecule has 0 aliphatic carbocycles. The minimum Gasteiger partial charge on any atom is -0.508 e. The van der Waals surface area contributed by atoms with E-state index in [0.717, 1.165) is 30.3 Å². The first-order valence-electron chi connectivity index (χ1n) is 5.96. The number of rotatable bonds is 1. The van der Waals surface area contributed by atoms with Crippen LogP contribution in [0, 0.1) is 0 Å². The summed E-state index contributed by atoms with van der Waals surface area (Å²) < 4.78 is 0. The molecule has 3 nitrogen and oxygen atoms in total. The van der Waals surface area contributed by atoms with Crippen LogP contribution >= 0.6 is 0 Å². The Morgan fingerprint density at radius 2 is 1.88 bits per heavy atom. The molecule has 0 saturated carbocycles. The second-order valence-electron chi connectivity index (χ2n) is 4.71. The Morgan fingerprint density at radius 1 is 1.12 bits per heavy atom. The SMILES string of the molecule is N[C@@H]1CCN(c2ccc3cc(O)ccc3c2)C1. The third kappa shape index (κ3) is 1.94. The first-order chi connectivity index (χ1) is 8.22. The number of phenolic OH excluding ortho intramolecular Hbond substituents is 1. The zero-order valence-electron chi connectivity index (χ0n) is 9.63. The van der Waals surface area contributed by atoms with Crippen molar-refractivity contribution in [2.75, 3.05) is 18.0 Å².